The molecule has 0 amide bonds. The topological polar surface area (TPSA) is 57.5 Å². The van der Waals surface area contributed by atoms with E-state index in [1.165, 1.54) is 0 Å². The number of ketones is 1. The molecule has 0 aromatic rings. The number of allylic oxidation sites excluding steroid dienone is 1. The molecule has 2 aliphatic rings. The Bertz CT molecular complexity index is 901. The molecule has 3 nitrogen and oxygen atoms in total. The van der Waals surface area contributed by atoms with Crippen LogP contribution in [0.3, 0.4) is 0 Å². The lowest BCUT2D eigenvalue weighted by atomic mass is 9.56. The van der Waals surface area contributed by atoms with Gasteiger partial charge in [-0.05, 0) is 81.5 Å². The summed E-state index contributed by atoms with van der Waals surface area (Å²) in [6.07, 6.45) is -10.8. The summed E-state index contributed by atoms with van der Waals surface area (Å²) in [7, 11) is 0. The van der Waals surface area contributed by atoms with Gasteiger partial charge in [-0.15, -0.1) is 0 Å². The van der Waals surface area contributed by atoms with E-state index in [1.807, 2.05) is 6.92 Å². The third-order valence-corrected chi connectivity index (χ3v) is 7.80. The molecular formula is C24H36F6O3. The van der Waals surface area contributed by atoms with E-state index in [1.54, 1.807) is 6.92 Å². The normalized spacial score (nSPS) is 32.8. The van der Waals surface area contributed by atoms with Gasteiger partial charge in [0.25, 0.3) is 5.60 Å². The molecule has 2 unspecified atom stereocenters. The monoisotopic (exact) mass is 492 g/mol. The Morgan fingerprint density at radius 2 is 1.70 bits per heavy atom. The second-order valence-electron chi connectivity index (χ2n) is 10.2. The standard InChI is InChI=1S/C24H36F6O3/c1-19(2,32)11-6-12-20(3,13-7-15-22(33,23(25,26)27)24(28,29)30)18-10-9-16-17(31)8-5-14-21(16,18)4/h7,15-16,18,32-33H,5-6,8-14H2,1-4H3/b15-7-/t16?,18-,20?,21+/m1/s1/i1D3,2D3. The van der Waals surface area contributed by atoms with Crippen molar-refractivity contribution in [1.82, 2.24) is 0 Å². The zero-order valence-electron chi connectivity index (χ0n) is 24.7. The molecule has 0 bridgehead atoms. The van der Waals surface area contributed by atoms with Gasteiger partial charge in [0, 0.05) is 20.6 Å². The quantitative estimate of drug-likeness (QED) is 0.300. The van der Waals surface area contributed by atoms with E-state index in [2.05, 4.69) is 0 Å². The lowest BCUT2D eigenvalue weighted by Crippen LogP contribution is -2.55. The number of carbonyl (C=O) groups is 1. The van der Waals surface area contributed by atoms with Gasteiger partial charge in [0.15, 0.2) is 0 Å². The number of Topliss-reactive ketones (excluding diaryl/α,β-unsaturated/α-hetero) is 1. The molecule has 0 saturated heterocycles. The van der Waals surface area contributed by atoms with Crippen molar-refractivity contribution in [3.8, 4) is 0 Å². The first-order chi connectivity index (χ1) is 17.3. The average Bonchev–Trinajstić information content (AvgIpc) is 3.09. The minimum atomic E-state index is -6.05. The van der Waals surface area contributed by atoms with Crippen LogP contribution < -0.4 is 0 Å². The zero-order chi connectivity index (χ0) is 30.5. The van der Waals surface area contributed by atoms with E-state index in [0.717, 1.165) is 0 Å². The second kappa shape index (κ2) is 9.17. The number of fused-ring (bicyclic) bond motifs is 1. The number of rotatable bonds is 8. The molecule has 9 heteroatoms. The third-order valence-electron chi connectivity index (χ3n) is 7.80. The first-order valence-corrected chi connectivity index (χ1v) is 11.1. The molecule has 0 spiro atoms. The Balaban J connectivity index is 2.45. The highest BCUT2D eigenvalue weighted by atomic mass is 19.4. The Morgan fingerprint density at radius 3 is 2.24 bits per heavy atom. The van der Waals surface area contributed by atoms with Crippen LogP contribution in [0.4, 0.5) is 26.3 Å². The number of aliphatic hydroxyl groups is 2. The Morgan fingerprint density at radius 1 is 1.09 bits per heavy atom. The summed E-state index contributed by atoms with van der Waals surface area (Å²) in [6.45, 7) is -3.12. The van der Waals surface area contributed by atoms with Crippen molar-refractivity contribution >= 4 is 5.78 Å². The molecule has 0 radical (unpaired) electrons. The fourth-order valence-electron chi connectivity index (χ4n) is 6.09. The number of carbonyl (C=O) groups excluding carboxylic acids is 1. The molecular weight excluding hydrogens is 450 g/mol. The predicted octanol–water partition coefficient (Wildman–Crippen LogP) is 6.52. The van der Waals surface area contributed by atoms with Gasteiger partial charge in [0.05, 0.1) is 5.60 Å². The van der Waals surface area contributed by atoms with E-state index in [9.17, 15) is 41.4 Å². The number of hydrogen-bond donors (Lipinski definition) is 2. The lowest BCUT2D eigenvalue weighted by Gasteiger charge is -2.48. The highest BCUT2D eigenvalue weighted by Crippen LogP contribution is 2.61. The highest BCUT2D eigenvalue weighted by Gasteiger charge is 2.69. The summed E-state index contributed by atoms with van der Waals surface area (Å²) in [6, 6.07) is 0. The van der Waals surface area contributed by atoms with Gasteiger partial charge in [-0.25, -0.2) is 0 Å². The Hall–Kier alpha value is -1.09. The van der Waals surface area contributed by atoms with E-state index in [0.29, 0.717) is 38.2 Å². The fourth-order valence-corrected chi connectivity index (χ4v) is 6.09. The lowest BCUT2D eigenvalue weighted by molar-refractivity contribution is -0.347. The van der Waals surface area contributed by atoms with Crippen LogP contribution in [0.1, 0.15) is 93.6 Å². The van der Waals surface area contributed by atoms with Crippen LogP contribution in [0.5, 0.6) is 0 Å². The average molecular weight is 493 g/mol. The van der Waals surface area contributed by atoms with Gasteiger partial charge in [-0.2, -0.15) is 26.3 Å². The molecule has 2 aliphatic carbocycles. The minimum absolute atomic E-state index is 0.0341. The summed E-state index contributed by atoms with van der Waals surface area (Å²) >= 11 is 0. The summed E-state index contributed by atoms with van der Waals surface area (Å²) in [5.74, 6) is -0.697. The van der Waals surface area contributed by atoms with Gasteiger partial charge in [0.2, 0.25) is 0 Å². The molecule has 0 aliphatic heterocycles. The number of alkyl halides is 6. The van der Waals surface area contributed by atoms with E-state index in [4.69, 9.17) is 8.22 Å². The van der Waals surface area contributed by atoms with Crippen LogP contribution in [-0.2, 0) is 4.79 Å². The van der Waals surface area contributed by atoms with Crippen LogP contribution >= 0.6 is 0 Å². The molecule has 192 valence electrons. The van der Waals surface area contributed by atoms with Crippen molar-refractivity contribution in [3.63, 3.8) is 0 Å². The van der Waals surface area contributed by atoms with E-state index >= 15 is 0 Å². The SMILES string of the molecule is [2H]C([2H])([2H])C(O)(CCCC(C)(C/C=C\C(O)(C(F)(F)F)C(F)(F)F)[C@H]1CCC2C(=O)CCC[C@@]21C)C([2H])([2H])[2H]. The molecule has 0 aromatic heterocycles. The first kappa shape index (κ1) is 20.1. The predicted molar refractivity (Wildman–Crippen MR) is 112 cm³/mol. The molecule has 4 atom stereocenters. The second-order valence-corrected chi connectivity index (χ2v) is 10.2. The maximum atomic E-state index is 13.2. The van der Waals surface area contributed by atoms with Crippen LogP contribution in [0.2, 0.25) is 0 Å². The molecule has 2 rings (SSSR count). The van der Waals surface area contributed by atoms with Crippen molar-refractivity contribution in [2.24, 2.45) is 22.7 Å². The van der Waals surface area contributed by atoms with Crippen LogP contribution in [0, 0.1) is 22.7 Å². The minimum Gasteiger partial charge on any atom is -0.390 e. The summed E-state index contributed by atoms with van der Waals surface area (Å²) < 4.78 is 125. The van der Waals surface area contributed by atoms with Gasteiger partial charge in [0.1, 0.15) is 5.78 Å². The maximum Gasteiger partial charge on any atom is 0.429 e. The largest absolute Gasteiger partial charge is 0.429 e. The maximum absolute atomic E-state index is 13.2. The van der Waals surface area contributed by atoms with Gasteiger partial charge < -0.3 is 10.2 Å². The van der Waals surface area contributed by atoms with E-state index < -0.39 is 60.9 Å². The Kier molecular flexibility index (Phi) is 5.60. The van der Waals surface area contributed by atoms with Crippen molar-refractivity contribution < 1.29 is 49.6 Å². The van der Waals surface area contributed by atoms with Crippen LogP contribution in [-0.4, -0.2) is 39.6 Å². The third kappa shape index (κ3) is 5.77. The van der Waals surface area contributed by atoms with Crippen LogP contribution in [0.15, 0.2) is 12.2 Å². The van der Waals surface area contributed by atoms with Crippen LogP contribution in [0.25, 0.3) is 0 Å². The van der Waals surface area contributed by atoms with Crippen molar-refractivity contribution in [3.05, 3.63) is 12.2 Å². The highest BCUT2D eigenvalue weighted by molar-refractivity contribution is 5.83. The van der Waals surface area contributed by atoms with Crippen molar-refractivity contribution in [2.45, 2.75) is 109 Å². The molecule has 0 heterocycles. The summed E-state index contributed by atoms with van der Waals surface area (Å²) in [4.78, 5) is 12.6. The Labute approximate surface area is 200 Å². The first-order valence-electron chi connectivity index (χ1n) is 14.1. The number of halogens is 6. The fraction of sp³-hybridized carbons (Fsp3) is 0.875. The van der Waals surface area contributed by atoms with E-state index in [-0.39, 0.29) is 36.5 Å². The molecule has 2 saturated carbocycles. The zero-order valence-corrected chi connectivity index (χ0v) is 18.7. The summed E-state index contributed by atoms with van der Waals surface area (Å²) in [5.41, 5.74) is -9.90. The van der Waals surface area contributed by atoms with Gasteiger partial charge in [-0.1, -0.05) is 26.3 Å². The molecule has 2 N–H and O–H groups in total. The smallest absolute Gasteiger partial charge is 0.390 e. The molecule has 0 aromatic carbocycles. The van der Waals surface area contributed by atoms with Gasteiger partial charge in [-0.3, -0.25) is 4.79 Å². The van der Waals surface area contributed by atoms with Crippen molar-refractivity contribution in [2.75, 3.05) is 0 Å². The number of hydrogen-bond acceptors (Lipinski definition) is 3. The van der Waals surface area contributed by atoms with Gasteiger partial charge >= 0.3 is 12.4 Å². The molecule has 2 fully saturated rings. The summed E-state index contributed by atoms with van der Waals surface area (Å²) in [5, 5.41) is 20.2. The molecule has 33 heavy (non-hydrogen) atoms. The van der Waals surface area contributed by atoms with Crippen molar-refractivity contribution in [1.29, 1.82) is 0 Å².